The Morgan fingerprint density at radius 2 is 2.10 bits per heavy atom. The molecule has 6 heteroatoms. The molecule has 118 valence electrons. The van der Waals surface area contributed by atoms with Crippen LogP contribution >= 0.6 is 0 Å². The lowest BCUT2D eigenvalue weighted by molar-refractivity contribution is 0.0906. The third-order valence-electron chi connectivity index (χ3n) is 4.55. The van der Waals surface area contributed by atoms with Crippen LogP contribution in [0.4, 0.5) is 0 Å². The van der Waals surface area contributed by atoms with E-state index in [1.54, 1.807) is 0 Å². The van der Waals surface area contributed by atoms with E-state index in [9.17, 15) is 13.2 Å². The second-order valence-electron chi connectivity index (χ2n) is 5.89. The van der Waals surface area contributed by atoms with Gasteiger partial charge in [-0.05, 0) is 32.9 Å². The van der Waals surface area contributed by atoms with Crippen molar-refractivity contribution >= 4 is 15.6 Å². The number of aryl methyl sites for hydroxylation is 1. The van der Waals surface area contributed by atoms with Crippen molar-refractivity contribution in [2.75, 3.05) is 24.6 Å². The van der Waals surface area contributed by atoms with Crippen LogP contribution in [-0.2, 0) is 16.9 Å². The number of aromatic nitrogens is 1. The number of carbonyl (C=O) groups is 1. The molecule has 0 spiro atoms. The molecule has 1 aromatic heterocycles. The zero-order valence-electron chi connectivity index (χ0n) is 13.2. The number of Topliss-reactive ketones (excluding diaryl/α,β-unsaturated/α-hetero) is 1. The Kier molecular flexibility index (Phi) is 4.58. The summed E-state index contributed by atoms with van der Waals surface area (Å²) in [7, 11) is -0.972. The summed E-state index contributed by atoms with van der Waals surface area (Å²) in [6, 6.07) is 1.89. The van der Waals surface area contributed by atoms with E-state index < -0.39 is 9.84 Å². The Morgan fingerprint density at radius 3 is 2.52 bits per heavy atom. The third kappa shape index (κ3) is 3.37. The molecule has 1 aliphatic heterocycles. The highest BCUT2D eigenvalue weighted by Gasteiger charge is 2.32. The Morgan fingerprint density at radius 1 is 1.43 bits per heavy atom. The molecule has 1 aliphatic rings. The molecule has 1 atom stereocenters. The van der Waals surface area contributed by atoms with Crippen LogP contribution in [0.2, 0.25) is 0 Å². The number of hydrogen-bond donors (Lipinski definition) is 0. The van der Waals surface area contributed by atoms with Gasteiger partial charge in [0.1, 0.15) is 0 Å². The van der Waals surface area contributed by atoms with Crippen molar-refractivity contribution < 1.29 is 13.2 Å². The summed E-state index contributed by atoms with van der Waals surface area (Å²) in [5.74, 6) is 0.495. The SMILES string of the molecule is CCN(CC(=O)c1cc(C)n(C)c1C)C1CCS(=O)(=O)C1. The summed E-state index contributed by atoms with van der Waals surface area (Å²) in [5.41, 5.74) is 2.77. The molecule has 1 unspecified atom stereocenters. The first-order valence-corrected chi connectivity index (χ1v) is 9.18. The van der Waals surface area contributed by atoms with Gasteiger partial charge < -0.3 is 4.57 Å². The fraction of sp³-hybridized carbons (Fsp3) is 0.667. The molecule has 0 bridgehead atoms. The van der Waals surface area contributed by atoms with Gasteiger partial charge in [0.05, 0.1) is 18.1 Å². The molecule has 0 aromatic carbocycles. The normalized spacial score (nSPS) is 21.1. The molecule has 21 heavy (non-hydrogen) atoms. The average molecular weight is 312 g/mol. The maximum Gasteiger partial charge on any atom is 0.178 e. The predicted octanol–water partition coefficient (Wildman–Crippen LogP) is 1.33. The Hall–Kier alpha value is -1.14. The number of rotatable bonds is 5. The Bertz CT molecular complexity index is 646. The van der Waals surface area contributed by atoms with Crippen molar-refractivity contribution in [2.45, 2.75) is 33.2 Å². The summed E-state index contributed by atoms with van der Waals surface area (Å²) in [4.78, 5) is 14.5. The monoisotopic (exact) mass is 312 g/mol. The molecule has 0 radical (unpaired) electrons. The first-order valence-electron chi connectivity index (χ1n) is 7.35. The van der Waals surface area contributed by atoms with Gasteiger partial charge in [-0.15, -0.1) is 0 Å². The standard InChI is InChI=1S/C15H24N2O3S/c1-5-17(13-6-7-21(19,20)10-13)9-15(18)14-8-11(2)16(4)12(14)3/h8,13H,5-7,9-10H2,1-4H3. The van der Waals surface area contributed by atoms with Crippen molar-refractivity contribution in [2.24, 2.45) is 7.05 Å². The van der Waals surface area contributed by atoms with Crippen molar-refractivity contribution in [1.29, 1.82) is 0 Å². The average Bonchev–Trinajstić information content (AvgIpc) is 2.90. The van der Waals surface area contributed by atoms with Crippen LogP contribution in [0.3, 0.4) is 0 Å². The predicted molar refractivity (Wildman–Crippen MR) is 83.5 cm³/mol. The van der Waals surface area contributed by atoms with Crippen LogP contribution in [-0.4, -0.2) is 54.3 Å². The van der Waals surface area contributed by atoms with Crippen LogP contribution in [0.15, 0.2) is 6.07 Å². The second kappa shape index (κ2) is 5.93. The van der Waals surface area contributed by atoms with Gasteiger partial charge in [0, 0.05) is 30.0 Å². The van der Waals surface area contributed by atoms with Crippen molar-refractivity contribution in [3.05, 3.63) is 23.0 Å². The lowest BCUT2D eigenvalue weighted by Crippen LogP contribution is -2.39. The Labute approximate surface area is 126 Å². The lowest BCUT2D eigenvalue weighted by atomic mass is 10.1. The molecule has 1 saturated heterocycles. The first-order chi connectivity index (χ1) is 9.75. The fourth-order valence-corrected chi connectivity index (χ4v) is 4.73. The van der Waals surface area contributed by atoms with E-state index in [2.05, 4.69) is 0 Å². The number of ketones is 1. The molecule has 2 rings (SSSR count). The van der Waals surface area contributed by atoms with Crippen molar-refractivity contribution in [1.82, 2.24) is 9.47 Å². The molecular weight excluding hydrogens is 288 g/mol. The molecule has 1 fully saturated rings. The largest absolute Gasteiger partial charge is 0.351 e. The molecule has 0 N–H and O–H groups in total. The van der Waals surface area contributed by atoms with Gasteiger partial charge in [-0.1, -0.05) is 6.92 Å². The van der Waals surface area contributed by atoms with Gasteiger partial charge in [-0.25, -0.2) is 8.42 Å². The highest BCUT2D eigenvalue weighted by molar-refractivity contribution is 7.91. The van der Waals surface area contributed by atoms with E-state index in [4.69, 9.17) is 0 Å². The molecule has 2 heterocycles. The van der Waals surface area contributed by atoms with E-state index >= 15 is 0 Å². The molecule has 0 aliphatic carbocycles. The number of sulfone groups is 1. The Balaban J connectivity index is 2.12. The first kappa shape index (κ1) is 16.2. The minimum absolute atomic E-state index is 0.0194. The molecule has 0 saturated carbocycles. The minimum Gasteiger partial charge on any atom is -0.351 e. The lowest BCUT2D eigenvalue weighted by Gasteiger charge is -2.25. The van der Waals surface area contributed by atoms with E-state index in [-0.39, 0.29) is 23.3 Å². The topological polar surface area (TPSA) is 59.4 Å². The van der Waals surface area contributed by atoms with Crippen molar-refractivity contribution in [3.63, 3.8) is 0 Å². The van der Waals surface area contributed by atoms with Crippen molar-refractivity contribution in [3.8, 4) is 0 Å². The second-order valence-corrected chi connectivity index (χ2v) is 8.12. The molecule has 0 amide bonds. The van der Waals surface area contributed by atoms with Gasteiger partial charge in [0.25, 0.3) is 0 Å². The van der Waals surface area contributed by atoms with Gasteiger partial charge in [-0.3, -0.25) is 9.69 Å². The molecule has 1 aromatic rings. The summed E-state index contributed by atoms with van der Waals surface area (Å²) < 4.78 is 25.2. The molecule has 5 nitrogen and oxygen atoms in total. The summed E-state index contributed by atoms with van der Waals surface area (Å²) in [6.45, 7) is 6.88. The zero-order valence-corrected chi connectivity index (χ0v) is 14.0. The van der Waals surface area contributed by atoms with E-state index in [0.29, 0.717) is 19.5 Å². The van der Waals surface area contributed by atoms with Gasteiger partial charge in [-0.2, -0.15) is 0 Å². The number of likely N-dealkylation sites (N-methyl/N-ethyl adjacent to an activating group) is 1. The minimum atomic E-state index is -2.92. The summed E-state index contributed by atoms with van der Waals surface area (Å²) in [6.07, 6.45) is 0.635. The number of nitrogens with zero attached hydrogens (tertiary/aromatic N) is 2. The van der Waals surface area contributed by atoms with Gasteiger partial charge in [0.15, 0.2) is 15.6 Å². The zero-order chi connectivity index (χ0) is 15.8. The maximum absolute atomic E-state index is 12.5. The summed E-state index contributed by atoms with van der Waals surface area (Å²) >= 11 is 0. The van der Waals surface area contributed by atoms with E-state index in [1.807, 2.05) is 43.4 Å². The summed E-state index contributed by atoms with van der Waals surface area (Å²) in [5, 5.41) is 0. The number of carbonyl (C=O) groups excluding carboxylic acids is 1. The fourth-order valence-electron chi connectivity index (χ4n) is 2.97. The van der Waals surface area contributed by atoms with E-state index in [0.717, 1.165) is 17.0 Å². The quantitative estimate of drug-likeness (QED) is 0.770. The smallest absolute Gasteiger partial charge is 0.178 e. The van der Waals surface area contributed by atoms with Crippen LogP contribution in [0, 0.1) is 13.8 Å². The molecular formula is C15H24N2O3S. The van der Waals surface area contributed by atoms with E-state index in [1.165, 1.54) is 0 Å². The van der Waals surface area contributed by atoms with Gasteiger partial charge >= 0.3 is 0 Å². The van der Waals surface area contributed by atoms with Crippen LogP contribution in [0.5, 0.6) is 0 Å². The van der Waals surface area contributed by atoms with Crippen LogP contribution < -0.4 is 0 Å². The highest BCUT2D eigenvalue weighted by Crippen LogP contribution is 2.19. The highest BCUT2D eigenvalue weighted by atomic mass is 32.2. The maximum atomic E-state index is 12.5. The van der Waals surface area contributed by atoms with Crippen LogP contribution in [0.25, 0.3) is 0 Å². The van der Waals surface area contributed by atoms with Crippen LogP contribution in [0.1, 0.15) is 35.1 Å². The third-order valence-corrected chi connectivity index (χ3v) is 6.30. The number of hydrogen-bond acceptors (Lipinski definition) is 4. The van der Waals surface area contributed by atoms with Gasteiger partial charge in [0.2, 0.25) is 0 Å².